The van der Waals surface area contributed by atoms with Crippen LogP contribution in [0, 0.1) is 18.3 Å². The Morgan fingerprint density at radius 3 is 2.06 bits per heavy atom. The van der Waals surface area contributed by atoms with Crippen LogP contribution in [-0.4, -0.2) is 37.1 Å². The molecule has 0 heterocycles. The number of nitrogens with one attached hydrogen (secondary N) is 1. The fraction of sp³-hybridized carbons (Fsp3) is 0.583. The minimum Gasteiger partial charge on any atom is -0.464 e. The summed E-state index contributed by atoms with van der Waals surface area (Å²) in [5, 5.41) is 2.14. The van der Waals surface area contributed by atoms with Crippen LogP contribution in [0.1, 0.15) is 20.8 Å². The van der Waals surface area contributed by atoms with Crippen LogP contribution in [0.25, 0.3) is 0 Å². The fourth-order valence-corrected chi connectivity index (χ4v) is 1.39. The van der Waals surface area contributed by atoms with E-state index in [-0.39, 0.29) is 19.6 Å². The number of hydrogen-bond acceptors (Lipinski definition) is 5. The SMILES string of the molecule is C#CC(C)C(NC=O)(C(=O)OCC)C(=O)OCC. The predicted molar refractivity (Wildman–Crippen MR) is 63.2 cm³/mol. The topological polar surface area (TPSA) is 81.7 Å². The monoisotopic (exact) mass is 255 g/mol. The van der Waals surface area contributed by atoms with E-state index in [1.165, 1.54) is 6.92 Å². The molecular formula is C12H17NO5. The van der Waals surface area contributed by atoms with Gasteiger partial charge in [0.1, 0.15) is 0 Å². The van der Waals surface area contributed by atoms with Gasteiger partial charge >= 0.3 is 11.9 Å². The number of amides is 1. The molecule has 1 unspecified atom stereocenters. The third kappa shape index (κ3) is 3.00. The summed E-state index contributed by atoms with van der Waals surface area (Å²) in [6.07, 6.45) is 5.46. The second-order valence-corrected chi connectivity index (χ2v) is 3.40. The Kier molecular flexibility index (Phi) is 6.50. The van der Waals surface area contributed by atoms with Gasteiger partial charge in [0.05, 0.1) is 19.1 Å². The molecule has 0 aromatic heterocycles. The van der Waals surface area contributed by atoms with Crippen LogP contribution in [0.15, 0.2) is 0 Å². The van der Waals surface area contributed by atoms with Crippen molar-refractivity contribution in [3.63, 3.8) is 0 Å². The summed E-state index contributed by atoms with van der Waals surface area (Å²) in [5.74, 6) is -0.515. The van der Waals surface area contributed by atoms with Crippen LogP contribution in [0.4, 0.5) is 0 Å². The summed E-state index contributed by atoms with van der Waals surface area (Å²) >= 11 is 0. The van der Waals surface area contributed by atoms with Gasteiger partial charge in [-0.15, -0.1) is 6.42 Å². The normalized spacial score (nSPS) is 11.9. The van der Waals surface area contributed by atoms with E-state index in [1.54, 1.807) is 13.8 Å². The van der Waals surface area contributed by atoms with Crippen LogP contribution in [0.3, 0.4) is 0 Å². The maximum Gasteiger partial charge on any atom is 0.345 e. The van der Waals surface area contributed by atoms with Gasteiger partial charge in [0.2, 0.25) is 11.9 Å². The summed E-state index contributed by atoms with van der Waals surface area (Å²) < 4.78 is 9.59. The smallest absolute Gasteiger partial charge is 0.345 e. The second kappa shape index (κ2) is 7.33. The molecule has 0 rings (SSSR count). The van der Waals surface area contributed by atoms with E-state index in [1.807, 2.05) is 0 Å². The summed E-state index contributed by atoms with van der Waals surface area (Å²) in [5.41, 5.74) is -2.00. The Morgan fingerprint density at radius 1 is 1.33 bits per heavy atom. The maximum absolute atomic E-state index is 11.9. The lowest BCUT2D eigenvalue weighted by molar-refractivity contribution is -0.169. The van der Waals surface area contributed by atoms with Crippen molar-refractivity contribution >= 4 is 18.3 Å². The van der Waals surface area contributed by atoms with Crippen LogP contribution in [0.5, 0.6) is 0 Å². The minimum atomic E-state index is -2.00. The molecule has 100 valence electrons. The average Bonchev–Trinajstić information content (AvgIpc) is 2.35. The fourth-order valence-electron chi connectivity index (χ4n) is 1.39. The largest absolute Gasteiger partial charge is 0.464 e. The zero-order chi connectivity index (χ0) is 14.2. The van der Waals surface area contributed by atoms with Gasteiger partial charge in [0.25, 0.3) is 0 Å². The van der Waals surface area contributed by atoms with Crippen LogP contribution >= 0.6 is 0 Å². The molecule has 0 saturated carbocycles. The van der Waals surface area contributed by atoms with Crippen LogP contribution < -0.4 is 5.32 Å². The number of ether oxygens (including phenoxy) is 2. The lowest BCUT2D eigenvalue weighted by Gasteiger charge is -2.30. The molecule has 0 fully saturated rings. The molecular weight excluding hydrogens is 238 g/mol. The van der Waals surface area contributed by atoms with E-state index >= 15 is 0 Å². The van der Waals surface area contributed by atoms with Gasteiger partial charge in [0, 0.05) is 0 Å². The quantitative estimate of drug-likeness (QED) is 0.296. The summed E-state index contributed by atoms with van der Waals surface area (Å²) in [6.45, 7) is 4.71. The van der Waals surface area contributed by atoms with Crippen molar-refractivity contribution in [2.45, 2.75) is 26.3 Å². The summed E-state index contributed by atoms with van der Waals surface area (Å²) in [7, 11) is 0. The van der Waals surface area contributed by atoms with Crippen molar-refractivity contribution in [2.24, 2.45) is 5.92 Å². The number of esters is 2. The molecule has 6 nitrogen and oxygen atoms in total. The van der Waals surface area contributed by atoms with Crippen molar-refractivity contribution in [3.8, 4) is 12.3 Å². The van der Waals surface area contributed by atoms with Crippen molar-refractivity contribution in [2.75, 3.05) is 13.2 Å². The van der Waals surface area contributed by atoms with Gasteiger partial charge < -0.3 is 14.8 Å². The zero-order valence-corrected chi connectivity index (χ0v) is 10.7. The Morgan fingerprint density at radius 2 is 1.78 bits per heavy atom. The van der Waals surface area contributed by atoms with Crippen molar-refractivity contribution < 1.29 is 23.9 Å². The van der Waals surface area contributed by atoms with E-state index < -0.39 is 23.4 Å². The van der Waals surface area contributed by atoms with Gasteiger partial charge in [-0.2, -0.15) is 0 Å². The highest BCUT2D eigenvalue weighted by atomic mass is 16.6. The average molecular weight is 255 g/mol. The molecule has 1 amide bonds. The Hall–Kier alpha value is -2.03. The molecule has 0 aliphatic carbocycles. The number of terminal acetylenes is 1. The van der Waals surface area contributed by atoms with E-state index in [4.69, 9.17) is 15.9 Å². The molecule has 0 aliphatic rings. The molecule has 6 heteroatoms. The second-order valence-electron chi connectivity index (χ2n) is 3.40. The Labute approximate surface area is 106 Å². The standard InChI is InChI=1S/C12H17NO5/c1-5-9(4)12(13-8-14,10(15)17-6-2)11(16)18-7-3/h1,8-9H,6-7H2,2-4H3,(H,13,14). The van der Waals surface area contributed by atoms with E-state index in [0.717, 1.165) is 0 Å². The molecule has 1 atom stereocenters. The van der Waals surface area contributed by atoms with E-state index in [0.29, 0.717) is 0 Å². The molecule has 0 bridgehead atoms. The van der Waals surface area contributed by atoms with Crippen molar-refractivity contribution in [1.29, 1.82) is 0 Å². The number of carbonyl (C=O) groups excluding carboxylic acids is 3. The van der Waals surface area contributed by atoms with Crippen molar-refractivity contribution in [1.82, 2.24) is 5.32 Å². The first kappa shape index (κ1) is 16.0. The minimum absolute atomic E-state index is 0.0534. The molecule has 18 heavy (non-hydrogen) atoms. The molecule has 0 aromatic carbocycles. The number of hydrogen-bond donors (Lipinski definition) is 1. The molecule has 0 aromatic rings. The molecule has 0 aliphatic heterocycles. The Balaban J connectivity index is 5.56. The number of carbonyl (C=O) groups is 3. The third-order valence-corrected chi connectivity index (χ3v) is 2.38. The van der Waals surface area contributed by atoms with Gasteiger partial charge in [-0.25, -0.2) is 9.59 Å². The third-order valence-electron chi connectivity index (χ3n) is 2.38. The van der Waals surface area contributed by atoms with Crippen LogP contribution in [0.2, 0.25) is 0 Å². The molecule has 0 saturated heterocycles. The van der Waals surface area contributed by atoms with Gasteiger partial charge in [-0.05, 0) is 20.8 Å². The zero-order valence-electron chi connectivity index (χ0n) is 10.7. The highest BCUT2D eigenvalue weighted by Crippen LogP contribution is 2.21. The predicted octanol–water partition coefficient (Wildman–Crippen LogP) is -0.133. The van der Waals surface area contributed by atoms with Gasteiger partial charge in [-0.3, -0.25) is 4.79 Å². The maximum atomic E-state index is 11.9. The van der Waals surface area contributed by atoms with Gasteiger partial charge in [0.15, 0.2) is 0 Å². The highest BCUT2D eigenvalue weighted by Gasteiger charge is 2.53. The van der Waals surface area contributed by atoms with Gasteiger partial charge in [-0.1, -0.05) is 5.92 Å². The van der Waals surface area contributed by atoms with E-state index in [2.05, 4.69) is 11.2 Å². The number of rotatable bonds is 7. The van der Waals surface area contributed by atoms with Crippen LogP contribution in [-0.2, 0) is 23.9 Å². The first-order valence-electron chi connectivity index (χ1n) is 5.53. The van der Waals surface area contributed by atoms with E-state index in [9.17, 15) is 14.4 Å². The molecule has 0 radical (unpaired) electrons. The molecule has 0 spiro atoms. The van der Waals surface area contributed by atoms with Crippen molar-refractivity contribution in [3.05, 3.63) is 0 Å². The summed E-state index contributed by atoms with van der Waals surface area (Å²) in [4.78, 5) is 34.5. The first-order chi connectivity index (χ1) is 8.50. The molecule has 1 N–H and O–H groups in total. The lowest BCUT2D eigenvalue weighted by Crippen LogP contribution is -2.63. The Bertz CT molecular complexity index is 340. The lowest BCUT2D eigenvalue weighted by atomic mass is 9.85. The highest BCUT2D eigenvalue weighted by molar-refractivity contribution is 6.07. The summed E-state index contributed by atoms with van der Waals surface area (Å²) in [6, 6.07) is 0. The first-order valence-corrected chi connectivity index (χ1v) is 5.53.